The zero-order valence-electron chi connectivity index (χ0n) is 16.4. The van der Waals surface area contributed by atoms with Crippen LogP contribution in [0.1, 0.15) is 30.5 Å². The van der Waals surface area contributed by atoms with Gasteiger partial charge in [0, 0.05) is 16.7 Å². The molecule has 0 radical (unpaired) electrons. The highest BCUT2D eigenvalue weighted by Gasteiger charge is 2.15. The Bertz CT molecular complexity index is 1150. The first kappa shape index (κ1) is 21.2. The van der Waals surface area contributed by atoms with Crippen molar-refractivity contribution >= 4 is 6.08 Å². The monoisotopic (exact) mass is 410 g/mol. The molecule has 3 aromatic rings. The molecule has 0 N–H and O–H groups in total. The molecule has 0 aliphatic heterocycles. The molecule has 0 unspecified atom stereocenters. The van der Waals surface area contributed by atoms with E-state index in [1.807, 2.05) is 0 Å². The zero-order chi connectivity index (χ0) is 21.7. The van der Waals surface area contributed by atoms with E-state index in [-0.39, 0.29) is 29.0 Å². The largest absolute Gasteiger partial charge is 0.491 e. The van der Waals surface area contributed by atoms with E-state index in [9.17, 15) is 17.6 Å². The summed E-state index contributed by atoms with van der Waals surface area (Å²) in [4.78, 5) is 0. The average Bonchev–Trinajstić information content (AvgIpc) is 2.75. The van der Waals surface area contributed by atoms with E-state index in [1.165, 1.54) is 30.3 Å². The number of halogens is 4. The maximum absolute atomic E-state index is 14.3. The van der Waals surface area contributed by atoms with Gasteiger partial charge in [-0.05, 0) is 49.7 Å². The summed E-state index contributed by atoms with van der Waals surface area (Å²) >= 11 is 0. The molecule has 0 saturated carbocycles. The lowest BCUT2D eigenvalue weighted by molar-refractivity contribution is 0.314. The summed E-state index contributed by atoms with van der Waals surface area (Å²) < 4.78 is 61.6. The molecule has 0 spiro atoms. The maximum atomic E-state index is 14.3. The molecule has 152 valence electrons. The van der Waals surface area contributed by atoms with Crippen molar-refractivity contribution in [3.05, 3.63) is 94.6 Å². The van der Waals surface area contributed by atoms with Crippen LogP contribution in [0.25, 0.3) is 17.2 Å². The standard InChI is InChI=1S/C25H18F4O/c1-3-5-18-12-13-19(23(27)22(18)26)11-8-16-6-9-17(10-7-16)20-14-15-21(30-4-2)25(29)24(20)28/h3,5-7,9-10,12-15H,4H2,1-2H3. The van der Waals surface area contributed by atoms with E-state index in [2.05, 4.69) is 11.8 Å². The van der Waals surface area contributed by atoms with Crippen molar-refractivity contribution in [2.24, 2.45) is 0 Å². The third-order valence-electron chi connectivity index (χ3n) is 4.34. The normalized spacial score (nSPS) is 10.7. The summed E-state index contributed by atoms with van der Waals surface area (Å²) in [6.07, 6.45) is 3.08. The molecule has 0 aliphatic carbocycles. The van der Waals surface area contributed by atoms with Gasteiger partial charge in [-0.25, -0.2) is 13.2 Å². The first-order valence-electron chi connectivity index (χ1n) is 9.30. The van der Waals surface area contributed by atoms with Crippen molar-refractivity contribution in [1.82, 2.24) is 0 Å². The molecule has 0 aliphatic rings. The van der Waals surface area contributed by atoms with E-state index >= 15 is 0 Å². The number of benzene rings is 3. The minimum Gasteiger partial charge on any atom is -0.491 e. The van der Waals surface area contributed by atoms with Gasteiger partial charge in [0.15, 0.2) is 23.2 Å². The number of rotatable bonds is 4. The maximum Gasteiger partial charge on any atom is 0.201 e. The first-order chi connectivity index (χ1) is 14.5. The van der Waals surface area contributed by atoms with Gasteiger partial charge in [0.1, 0.15) is 0 Å². The number of allylic oxidation sites excluding steroid dienone is 1. The number of hydrogen-bond donors (Lipinski definition) is 0. The topological polar surface area (TPSA) is 9.23 Å². The molecule has 30 heavy (non-hydrogen) atoms. The molecule has 0 aromatic heterocycles. The third-order valence-corrected chi connectivity index (χ3v) is 4.34. The lowest BCUT2D eigenvalue weighted by atomic mass is 10.0. The van der Waals surface area contributed by atoms with Gasteiger partial charge < -0.3 is 4.74 Å². The third kappa shape index (κ3) is 4.38. The van der Waals surface area contributed by atoms with Crippen LogP contribution < -0.4 is 4.74 Å². The summed E-state index contributed by atoms with van der Waals surface area (Å²) in [5.74, 6) is 1.19. The Labute approximate surface area is 172 Å². The molecule has 0 heterocycles. The molecule has 1 nitrogen and oxygen atoms in total. The van der Waals surface area contributed by atoms with Crippen molar-refractivity contribution < 1.29 is 22.3 Å². The quantitative estimate of drug-likeness (QED) is 0.342. The Hall–Kier alpha value is -3.52. The second-order valence-corrected chi connectivity index (χ2v) is 6.33. The Balaban J connectivity index is 1.87. The molecule has 0 bridgehead atoms. The van der Waals surface area contributed by atoms with E-state index in [4.69, 9.17) is 4.74 Å². The van der Waals surface area contributed by atoms with E-state index < -0.39 is 23.3 Å². The Kier molecular flexibility index (Phi) is 6.58. The van der Waals surface area contributed by atoms with Crippen molar-refractivity contribution in [2.75, 3.05) is 6.61 Å². The second-order valence-electron chi connectivity index (χ2n) is 6.33. The SMILES string of the molecule is CC=Cc1ccc(C#Cc2ccc(-c3ccc(OCC)c(F)c3F)cc2)c(F)c1F. The van der Waals surface area contributed by atoms with Crippen LogP contribution in [0.2, 0.25) is 0 Å². The van der Waals surface area contributed by atoms with E-state index in [1.54, 1.807) is 44.2 Å². The number of ether oxygens (including phenoxy) is 1. The average molecular weight is 410 g/mol. The van der Waals surface area contributed by atoms with Crippen molar-refractivity contribution in [1.29, 1.82) is 0 Å². The molecule has 0 atom stereocenters. The highest BCUT2D eigenvalue weighted by atomic mass is 19.2. The fourth-order valence-corrected chi connectivity index (χ4v) is 2.86. The summed E-state index contributed by atoms with van der Waals surface area (Å²) in [6.45, 7) is 3.62. The zero-order valence-corrected chi connectivity index (χ0v) is 16.4. The highest BCUT2D eigenvalue weighted by molar-refractivity contribution is 5.66. The van der Waals surface area contributed by atoms with Gasteiger partial charge >= 0.3 is 0 Å². The van der Waals surface area contributed by atoms with Crippen molar-refractivity contribution in [3.63, 3.8) is 0 Å². The van der Waals surface area contributed by atoms with Crippen molar-refractivity contribution in [2.45, 2.75) is 13.8 Å². The van der Waals surface area contributed by atoms with Crippen LogP contribution in [0.4, 0.5) is 17.6 Å². The lowest BCUT2D eigenvalue weighted by Gasteiger charge is -2.09. The van der Waals surface area contributed by atoms with Gasteiger partial charge in [0.2, 0.25) is 5.82 Å². The predicted octanol–water partition coefficient (Wildman–Crippen LogP) is 6.74. The lowest BCUT2D eigenvalue weighted by Crippen LogP contribution is -1.98. The summed E-state index contributed by atoms with van der Waals surface area (Å²) in [7, 11) is 0. The minimum atomic E-state index is -1.04. The number of hydrogen-bond acceptors (Lipinski definition) is 1. The van der Waals surface area contributed by atoms with Crippen molar-refractivity contribution in [3.8, 4) is 28.7 Å². The summed E-state index contributed by atoms with van der Waals surface area (Å²) in [5.41, 5.74) is 1.14. The van der Waals surface area contributed by atoms with Crippen LogP contribution in [0.15, 0.2) is 54.6 Å². The van der Waals surface area contributed by atoms with Gasteiger partial charge in [-0.3, -0.25) is 0 Å². The first-order valence-corrected chi connectivity index (χ1v) is 9.30. The van der Waals surface area contributed by atoms with Crippen LogP contribution in [-0.2, 0) is 0 Å². The van der Waals surface area contributed by atoms with Gasteiger partial charge in [-0.1, -0.05) is 42.2 Å². The van der Waals surface area contributed by atoms with Gasteiger partial charge in [-0.15, -0.1) is 0 Å². The molecule has 5 heteroatoms. The van der Waals surface area contributed by atoms with Gasteiger partial charge in [0.25, 0.3) is 0 Å². The van der Waals surface area contributed by atoms with Crippen LogP contribution in [0.5, 0.6) is 5.75 Å². The molecule has 0 fully saturated rings. The molecule has 3 aromatic carbocycles. The smallest absolute Gasteiger partial charge is 0.201 e. The molecule has 3 rings (SSSR count). The van der Waals surface area contributed by atoms with Crippen LogP contribution in [0, 0.1) is 35.1 Å². The fourth-order valence-electron chi connectivity index (χ4n) is 2.86. The predicted molar refractivity (Wildman–Crippen MR) is 110 cm³/mol. The molecular weight excluding hydrogens is 392 g/mol. The molecular formula is C25H18F4O. The minimum absolute atomic E-state index is 0.0653. The van der Waals surface area contributed by atoms with Crippen LogP contribution in [-0.4, -0.2) is 6.61 Å². The molecule has 0 saturated heterocycles. The Morgan fingerprint density at radius 1 is 0.800 bits per heavy atom. The van der Waals surface area contributed by atoms with Crippen LogP contribution >= 0.6 is 0 Å². The molecule has 0 amide bonds. The van der Waals surface area contributed by atoms with Gasteiger partial charge in [-0.2, -0.15) is 4.39 Å². The Morgan fingerprint density at radius 2 is 1.53 bits per heavy atom. The summed E-state index contributed by atoms with van der Waals surface area (Å²) in [5, 5.41) is 0. The highest BCUT2D eigenvalue weighted by Crippen LogP contribution is 2.30. The van der Waals surface area contributed by atoms with Gasteiger partial charge in [0.05, 0.1) is 12.2 Å². The van der Waals surface area contributed by atoms with E-state index in [0.717, 1.165) is 0 Å². The van der Waals surface area contributed by atoms with E-state index in [0.29, 0.717) is 11.1 Å². The summed E-state index contributed by atoms with van der Waals surface area (Å²) in [6, 6.07) is 12.0. The Morgan fingerprint density at radius 3 is 2.20 bits per heavy atom. The fraction of sp³-hybridized carbons (Fsp3) is 0.120. The second kappa shape index (κ2) is 9.32. The van der Waals surface area contributed by atoms with Crippen LogP contribution in [0.3, 0.4) is 0 Å².